The lowest BCUT2D eigenvalue weighted by atomic mass is 10.2. The first kappa shape index (κ1) is 16.7. The first-order valence-electron chi connectivity index (χ1n) is 7.50. The second kappa shape index (κ2) is 7.17. The monoisotopic (exact) mass is 371 g/mol. The molecule has 8 heteroatoms. The van der Waals surface area contributed by atoms with E-state index in [0.717, 1.165) is 24.1 Å². The smallest absolute Gasteiger partial charge is 0.245 e. The molecule has 1 aromatic carbocycles. The number of sulfonamides is 1. The maximum absolute atomic E-state index is 12.9. The second-order valence-electron chi connectivity index (χ2n) is 5.39. The summed E-state index contributed by atoms with van der Waals surface area (Å²) in [6.45, 7) is 1.69. The molecule has 1 fully saturated rings. The number of thiazole rings is 1. The summed E-state index contributed by atoms with van der Waals surface area (Å²) in [5.41, 5.74) is 0.614. The van der Waals surface area contributed by atoms with Crippen LogP contribution >= 0.6 is 22.9 Å². The Labute approximate surface area is 145 Å². The highest BCUT2D eigenvalue weighted by Crippen LogP contribution is 2.27. The summed E-state index contributed by atoms with van der Waals surface area (Å²) < 4.78 is 27.8. The molecule has 0 spiro atoms. The maximum Gasteiger partial charge on any atom is 0.245 e. The molecule has 23 heavy (non-hydrogen) atoms. The van der Waals surface area contributed by atoms with Gasteiger partial charge in [0, 0.05) is 24.2 Å². The van der Waals surface area contributed by atoms with Crippen LogP contribution in [-0.2, 0) is 16.6 Å². The average molecular weight is 372 g/mol. The number of hydrogen-bond acceptors (Lipinski definition) is 5. The maximum atomic E-state index is 12.9. The van der Waals surface area contributed by atoms with Gasteiger partial charge in [0.15, 0.2) is 4.47 Å². The van der Waals surface area contributed by atoms with E-state index < -0.39 is 10.0 Å². The number of nitrogens with zero attached hydrogens (tertiary/aromatic N) is 2. The van der Waals surface area contributed by atoms with Crippen molar-refractivity contribution < 1.29 is 8.42 Å². The fourth-order valence-corrected chi connectivity index (χ4v) is 5.23. The lowest BCUT2D eigenvalue weighted by Gasteiger charge is -2.26. The lowest BCUT2D eigenvalue weighted by Crippen LogP contribution is -2.35. The molecule has 1 aromatic heterocycles. The highest BCUT2D eigenvalue weighted by atomic mass is 35.5. The minimum atomic E-state index is -3.46. The van der Waals surface area contributed by atoms with Gasteiger partial charge in [-0.1, -0.05) is 30.2 Å². The third kappa shape index (κ3) is 3.85. The molecule has 0 amide bonds. The molecule has 2 heterocycles. The van der Waals surface area contributed by atoms with Crippen LogP contribution < -0.4 is 5.32 Å². The molecule has 0 aliphatic carbocycles. The van der Waals surface area contributed by atoms with E-state index in [1.807, 2.05) is 6.07 Å². The molecule has 124 valence electrons. The van der Waals surface area contributed by atoms with Crippen LogP contribution in [0.2, 0.25) is 4.47 Å². The minimum absolute atomic E-state index is 0.331. The molecule has 1 N–H and O–H groups in total. The molecular formula is C15H18ClN3O2S2. The van der Waals surface area contributed by atoms with Gasteiger partial charge in [0.05, 0.1) is 12.2 Å². The van der Waals surface area contributed by atoms with E-state index in [2.05, 4.69) is 10.3 Å². The van der Waals surface area contributed by atoms with E-state index in [9.17, 15) is 8.42 Å². The number of halogens is 1. The fourth-order valence-electron chi connectivity index (χ4n) is 2.63. The molecule has 1 saturated heterocycles. The summed E-state index contributed by atoms with van der Waals surface area (Å²) >= 11 is 7.20. The Kier molecular flexibility index (Phi) is 5.21. The van der Waals surface area contributed by atoms with Crippen molar-refractivity contribution >= 4 is 38.6 Å². The Bertz CT molecular complexity index is 771. The molecule has 0 saturated carbocycles. The van der Waals surface area contributed by atoms with Crippen LogP contribution in [0.15, 0.2) is 35.4 Å². The second-order valence-corrected chi connectivity index (χ2v) is 9.00. The van der Waals surface area contributed by atoms with Gasteiger partial charge in [-0.3, -0.25) is 0 Å². The van der Waals surface area contributed by atoms with Crippen LogP contribution in [0.5, 0.6) is 0 Å². The average Bonchev–Trinajstić information content (AvgIpc) is 2.99. The van der Waals surface area contributed by atoms with Crippen molar-refractivity contribution in [3.05, 3.63) is 39.8 Å². The first-order valence-corrected chi connectivity index (χ1v) is 10.1. The predicted molar refractivity (Wildman–Crippen MR) is 93.5 cm³/mol. The minimum Gasteiger partial charge on any atom is -0.379 e. The largest absolute Gasteiger partial charge is 0.379 e. The van der Waals surface area contributed by atoms with E-state index in [-0.39, 0.29) is 0 Å². The zero-order chi connectivity index (χ0) is 16.3. The van der Waals surface area contributed by atoms with E-state index in [0.29, 0.717) is 34.7 Å². The van der Waals surface area contributed by atoms with Crippen molar-refractivity contribution in [2.75, 3.05) is 18.4 Å². The third-order valence-electron chi connectivity index (χ3n) is 3.80. The van der Waals surface area contributed by atoms with Crippen LogP contribution in [0, 0.1) is 0 Å². The summed E-state index contributed by atoms with van der Waals surface area (Å²) in [6.07, 6.45) is 4.64. The molecular weight excluding hydrogens is 354 g/mol. The van der Waals surface area contributed by atoms with E-state index in [4.69, 9.17) is 11.6 Å². The van der Waals surface area contributed by atoms with Gasteiger partial charge in [-0.2, -0.15) is 4.31 Å². The molecule has 3 rings (SSSR count). The van der Waals surface area contributed by atoms with E-state index >= 15 is 0 Å². The number of nitrogens with one attached hydrogen (secondary N) is 1. The number of aromatic nitrogens is 1. The zero-order valence-electron chi connectivity index (χ0n) is 12.5. The molecule has 0 radical (unpaired) electrons. The molecule has 1 aliphatic rings. The summed E-state index contributed by atoms with van der Waals surface area (Å²) in [4.78, 5) is 5.28. The Balaban J connectivity index is 1.82. The van der Waals surface area contributed by atoms with Gasteiger partial charge in [-0.05, 0) is 25.0 Å². The Morgan fingerprint density at radius 1 is 1.22 bits per heavy atom. The molecule has 0 atom stereocenters. The highest BCUT2D eigenvalue weighted by Gasteiger charge is 2.27. The van der Waals surface area contributed by atoms with Gasteiger partial charge in [0.1, 0.15) is 4.90 Å². The number of piperidine rings is 1. The molecule has 0 unspecified atom stereocenters. The van der Waals surface area contributed by atoms with Gasteiger partial charge in [0.25, 0.3) is 0 Å². The first-order chi connectivity index (χ1) is 11.1. The Morgan fingerprint density at radius 3 is 2.65 bits per heavy atom. The predicted octanol–water partition coefficient (Wildman–Crippen LogP) is 3.58. The number of para-hydroxylation sites is 1. The number of benzene rings is 1. The fraction of sp³-hybridized carbons (Fsp3) is 0.400. The molecule has 2 aromatic rings. The standard InChI is InChI=1S/C15H18ClN3O2S2/c16-15-18-11-12(22-15)10-17-13-6-2-3-7-14(13)23(20,21)19-8-4-1-5-9-19/h2-3,6-7,11,17H,1,4-5,8-10H2. The van der Waals surface area contributed by atoms with Crippen molar-refractivity contribution in [1.29, 1.82) is 0 Å². The van der Waals surface area contributed by atoms with Gasteiger partial charge in [0.2, 0.25) is 10.0 Å². The van der Waals surface area contributed by atoms with E-state index in [1.54, 1.807) is 28.7 Å². The van der Waals surface area contributed by atoms with Crippen LogP contribution in [0.3, 0.4) is 0 Å². The summed E-state index contributed by atoms with van der Waals surface area (Å²) in [7, 11) is -3.46. The van der Waals surface area contributed by atoms with Crippen LogP contribution in [0.4, 0.5) is 5.69 Å². The Morgan fingerprint density at radius 2 is 1.96 bits per heavy atom. The van der Waals surface area contributed by atoms with Gasteiger partial charge < -0.3 is 5.32 Å². The quantitative estimate of drug-likeness (QED) is 0.872. The van der Waals surface area contributed by atoms with Crippen LogP contribution in [-0.4, -0.2) is 30.8 Å². The third-order valence-corrected chi connectivity index (χ3v) is 6.87. The number of anilines is 1. The number of rotatable bonds is 5. The molecule has 1 aliphatic heterocycles. The normalized spacial score (nSPS) is 16.4. The lowest BCUT2D eigenvalue weighted by molar-refractivity contribution is 0.347. The zero-order valence-corrected chi connectivity index (χ0v) is 14.9. The van der Waals surface area contributed by atoms with Crippen molar-refractivity contribution in [3.63, 3.8) is 0 Å². The molecule has 5 nitrogen and oxygen atoms in total. The van der Waals surface area contributed by atoms with E-state index in [1.165, 1.54) is 11.3 Å². The van der Waals surface area contributed by atoms with Gasteiger partial charge >= 0.3 is 0 Å². The van der Waals surface area contributed by atoms with Gasteiger partial charge in [-0.25, -0.2) is 13.4 Å². The topological polar surface area (TPSA) is 62.3 Å². The van der Waals surface area contributed by atoms with Crippen molar-refractivity contribution in [1.82, 2.24) is 9.29 Å². The summed E-state index contributed by atoms with van der Waals surface area (Å²) in [6, 6.07) is 7.04. The van der Waals surface area contributed by atoms with Crippen LogP contribution in [0.1, 0.15) is 24.1 Å². The van der Waals surface area contributed by atoms with Crippen LogP contribution in [0.25, 0.3) is 0 Å². The highest BCUT2D eigenvalue weighted by molar-refractivity contribution is 7.89. The SMILES string of the molecule is O=S(=O)(c1ccccc1NCc1cnc(Cl)s1)N1CCCCC1. The summed E-state index contributed by atoms with van der Waals surface area (Å²) in [5.74, 6) is 0. The summed E-state index contributed by atoms with van der Waals surface area (Å²) in [5, 5.41) is 3.19. The Hall–Kier alpha value is -1.15. The van der Waals surface area contributed by atoms with Crippen molar-refractivity contribution in [3.8, 4) is 0 Å². The molecule has 0 bridgehead atoms. The van der Waals surface area contributed by atoms with Gasteiger partial charge in [-0.15, -0.1) is 11.3 Å². The van der Waals surface area contributed by atoms with Crippen molar-refractivity contribution in [2.24, 2.45) is 0 Å². The number of hydrogen-bond donors (Lipinski definition) is 1. The van der Waals surface area contributed by atoms with Crippen molar-refractivity contribution in [2.45, 2.75) is 30.7 Å².